The van der Waals surface area contributed by atoms with Crippen LogP contribution in [0, 0.1) is 45.8 Å². The van der Waals surface area contributed by atoms with Gasteiger partial charge in [0.15, 0.2) is 0 Å². The fourth-order valence-corrected chi connectivity index (χ4v) is 9.43. The van der Waals surface area contributed by atoms with Crippen molar-refractivity contribution in [2.75, 3.05) is 7.11 Å². The normalized spacial score (nSPS) is 47.5. The smallest absolute Gasteiger partial charge is 0.310 e. The molecule has 9 atom stereocenters. The fraction of sp³-hybridized carbons (Fsp3) is 0.828. The van der Waals surface area contributed by atoms with Crippen molar-refractivity contribution in [3.05, 3.63) is 24.3 Å². The van der Waals surface area contributed by atoms with Crippen LogP contribution in [-0.4, -0.2) is 34.5 Å². The van der Waals surface area contributed by atoms with E-state index in [2.05, 4.69) is 33.4 Å². The van der Waals surface area contributed by atoms with E-state index in [1.807, 2.05) is 6.92 Å². The molecule has 0 saturated heterocycles. The summed E-state index contributed by atoms with van der Waals surface area (Å²) < 4.78 is 0. The molecule has 4 fully saturated rings. The maximum atomic E-state index is 12.2. The van der Waals surface area contributed by atoms with Gasteiger partial charge in [0.2, 0.25) is 0 Å². The average molecular weight is 461 g/mol. The monoisotopic (exact) mass is 460 g/mol. The summed E-state index contributed by atoms with van der Waals surface area (Å²) in [4.78, 5) is 12.2. The van der Waals surface area contributed by atoms with Crippen LogP contribution in [0.15, 0.2) is 24.3 Å². The van der Waals surface area contributed by atoms with E-state index in [0.29, 0.717) is 40.4 Å². The number of aliphatic hydroxyl groups is 2. The van der Waals surface area contributed by atoms with Crippen LogP contribution in [0.3, 0.4) is 0 Å². The van der Waals surface area contributed by atoms with Gasteiger partial charge >= 0.3 is 5.97 Å². The van der Waals surface area contributed by atoms with Crippen LogP contribution in [0.25, 0.3) is 0 Å². The van der Waals surface area contributed by atoms with E-state index in [1.165, 1.54) is 18.4 Å². The van der Waals surface area contributed by atoms with E-state index >= 15 is 0 Å². The van der Waals surface area contributed by atoms with Crippen LogP contribution in [0.1, 0.15) is 91.9 Å². The minimum Gasteiger partial charge on any atom is -0.481 e. The molecule has 0 aromatic carbocycles. The summed E-state index contributed by atoms with van der Waals surface area (Å²) in [6.07, 6.45) is 14.9. The number of hydrogen-bond acceptors (Lipinski definition) is 3. The van der Waals surface area contributed by atoms with Gasteiger partial charge < -0.3 is 15.3 Å². The summed E-state index contributed by atoms with van der Waals surface area (Å²) in [5, 5.41) is 27.6. The Hall–Kier alpha value is -1.13. The first-order valence-electron chi connectivity index (χ1n) is 13.3. The molecule has 0 aliphatic heterocycles. The van der Waals surface area contributed by atoms with Gasteiger partial charge in [-0.15, -0.1) is 6.58 Å². The number of fused-ring (bicyclic) bond motifs is 7. The van der Waals surface area contributed by atoms with Crippen LogP contribution < -0.4 is 0 Å². The van der Waals surface area contributed by atoms with E-state index < -0.39 is 11.4 Å². The number of aliphatic carboxylic acids is 1. The van der Waals surface area contributed by atoms with Crippen molar-refractivity contribution in [3.8, 4) is 0 Å². The highest BCUT2D eigenvalue weighted by Crippen LogP contribution is 2.70. The molecule has 5 aliphatic carbocycles. The Labute approximate surface area is 201 Å². The molecule has 0 aromatic rings. The topological polar surface area (TPSA) is 77.8 Å². The van der Waals surface area contributed by atoms with Gasteiger partial charge in [0.05, 0.1) is 11.5 Å². The summed E-state index contributed by atoms with van der Waals surface area (Å²) in [5.41, 5.74) is 1.71. The lowest BCUT2D eigenvalue weighted by Crippen LogP contribution is -2.59. The third-order valence-corrected chi connectivity index (χ3v) is 10.9. The van der Waals surface area contributed by atoms with Crippen LogP contribution in [0.4, 0.5) is 0 Å². The van der Waals surface area contributed by atoms with Gasteiger partial charge in [-0.3, -0.25) is 4.79 Å². The number of carboxylic acids is 1. The highest BCUT2D eigenvalue weighted by atomic mass is 16.4. The van der Waals surface area contributed by atoms with Gasteiger partial charge in [0.1, 0.15) is 0 Å². The van der Waals surface area contributed by atoms with Gasteiger partial charge in [-0.25, -0.2) is 0 Å². The minimum absolute atomic E-state index is 0.124. The molecule has 0 bridgehead atoms. The zero-order valence-electron chi connectivity index (χ0n) is 21.6. The van der Waals surface area contributed by atoms with E-state index in [4.69, 9.17) is 5.11 Å². The Balaban J connectivity index is 0.000000569. The SMILES string of the molecule is C=CC.CC1C(O)CCC2(C)C1CCC1(C)C3CCC4(C(=O)O)CCCC4C3=CCC12.CO. The lowest BCUT2D eigenvalue weighted by molar-refractivity contribution is -0.163. The van der Waals surface area contributed by atoms with Gasteiger partial charge in [0, 0.05) is 7.11 Å². The molecule has 3 N–H and O–H groups in total. The Morgan fingerprint density at radius 1 is 1.03 bits per heavy atom. The van der Waals surface area contributed by atoms with Crippen molar-refractivity contribution in [2.45, 2.75) is 98.0 Å². The molecule has 4 saturated carbocycles. The number of aliphatic hydroxyl groups excluding tert-OH is 2. The zero-order valence-corrected chi connectivity index (χ0v) is 21.6. The number of hydrogen-bond donors (Lipinski definition) is 3. The second kappa shape index (κ2) is 9.85. The van der Waals surface area contributed by atoms with Gasteiger partial charge in [-0.1, -0.05) is 44.9 Å². The van der Waals surface area contributed by atoms with Gasteiger partial charge in [-0.2, -0.15) is 0 Å². The Morgan fingerprint density at radius 2 is 1.67 bits per heavy atom. The molecule has 0 aromatic heterocycles. The van der Waals surface area contributed by atoms with E-state index in [1.54, 1.807) is 6.08 Å². The quantitative estimate of drug-likeness (QED) is 0.405. The average Bonchev–Trinajstić information content (AvgIpc) is 3.24. The largest absolute Gasteiger partial charge is 0.481 e. The van der Waals surface area contributed by atoms with Crippen LogP contribution in [0.5, 0.6) is 0 Å². The molecule has 188 valence electrons. The summed E-state index contributed by atoms with van der Waals surface area (Å²) >= 11 is 0. The Kier molecular flexibility index (Phi) is 7.90. The maximum Gasteiger partial charge on any atom is 0.310 e. The number of carbonyl (C=O) groups is 1. The molecule has 0 heterocycles. The number of rotatable bonds is 1. The molecule has 9 unspecified atom stereocenters. The molecule has 0 spiro atoms. The van der Waals surface area contributed by atoms with Crippen LogP contribution in [0.2, 0.25) is 0 Å². The van der Waals surface area contributed by atoms with Crippen molar-refractivity contribution >= 4 is 5.97 Å². The van der Waals surface area contributed by atoms with Crippen molar-refractivity contribution in [2.24, 2.45) is 45.8 Å². The first-order valence-corrected chi connectivity index (χ1v) is 13.3. The molecular weight excluding hydrogens is 412 g/mol. The number of allylic oxidation sites excluding steroid dienone is 3. The Bertz CT molecular complexity index is 759. The highest BCUT2D eigenvalue weighted by Gasteiger charge is 2.63. The summed E-state index contributed by atoms with van der Waals surface area (Å²) in [6, 6.07) is 0. The van der Waals surface area contributed by atoms with Crippen molar-refractivity contribution in [3.63, 3.8) is 0 Å². The second-order valence-electron chi connectivity index (χ2n) is 12.0. The third-order valence-electron chi connectivity index (χ3n) is 10.9. The first kappa shape index (κ1) is 26.5. The van der Waals surface area contributed by atoms with Crippen LogP contribution in [-0.2, 0) is 4.79 Å². The van der Waals surface area contributed by atoms with Crippen molar-refractivity contribution < 1.29 is 20.1 Å². The lowest BCUT2D eigenvalue weighted by Gasteiger charge is -2.65. The van der Waals surface area contributed by atoms with Crippen molar-refractivity contribution in [1.29, 1.82) is 0 Å². The first-order chi connectivity index (χ1) is 15.7. The number of carboxylic acid groups (broad SMARTS) is 1. The maximum absolute atomic E-state index is 12.2. The summed E-state index contributed by atoms with van der Waals surface area (Å²) in [6.45, 7) is 12.6. The fourth-order valence-electron chi connectivity index (χ4n) is 9.43. The molecule has 0 amide bonds. The minimum atomic E-state index is -0.535. The Morgan fingerprint density at radius 3 is 2.30 bits per heavy atom. The second-order valence-corrected chi connectivity index (χ2v) is 12.0. The molecule has 5 aliphatic rings. The van der Waals surface area contributed by atoms with Gasteiger partial charge in [-0.05, 0) is 105 Å². The van der Waals surface area contributed by atoms with Gasteiger partial charge in [0.25, 0.3) is 0 Å². The molecule has 33 heavy (non-hydrogen) atoms. The highest BCUT2D eigenvalue weighted by molar-refractivity contribution is 5.76. The predicted octanol–water partition coefficient (Wildman–Crippen LogP) is 6.23. The predicted molar refractivity (Wildman–Crippen MR) is 134 cm³/mol. The van der Waals surface area contributed by atoms with Crippen LogP contribution >= 0.6 is 0 Å². The van der Waals surface area contributed by atoms with E-state index in [0.717, 1.165) is 58.5 Å². The summed E-state index contributed by atoms with van der Waals surface area (Å²) in [5.74, 6) is 2.07. The standard InChI is InChI=1S/C25H38O3.C3H6.CH4O/c1-15-17-8-12-24(3)18-9-14-25(22(27)28)11-4-5-19(25)16(18)6-7-21(24)23(17,2)13-10-20(15)26;1-3-2;1-2/h6,15,17-21,26H,4-5,7-14H2,1-3H3,(H,27,28);3H,1H2,2H3;2H,1H3. The van der Waals surface area contributed by atoms with E-state index in [-0.39, 0.29) is 6.10 Å². The zero-order chi connectivity index (χ0) is 24.6. The lowest BCUT2D eigenvalue weighted by atomic mass is 9.39. The molecular formula is C29H48O4. The van der Waals surface area contributed by atoms with Crippen molar-refractivity contribution in [1.82, 2.24) is 0 Å². The van der Waals surface area contributed by atoms with E-state index in [9.17, 15) is 15.0 Å². The molecule has 4 nitrogen and oxygen atoms in total. The third kappa shape index (κ3) is 3.93. The summed E-state index contributed by atoms with van der Waals surface area (Å²) in [7, 11) is 1.00. The molecule has 0 radical (unpaired) electrons. The molecule has 4 heteroatoms. The molecule has 5 rings (SSSR count).